The molecule has 0 saturated carbocycles. The SMILES string of the molecule is CCOc1ccc(CN2CCC(N3CCCC(C)C3)CC2)cc1.O=C(O)C(=O)O. The molecule has 2 saturated heterocycles. The molecule has 0 radical (unpaired) electrons. The summed E-state index contributed by atoms with van der Waals surface area (Å²) in [6.45, 7) is 11.4. The highest BCUT2D eigenvalue weighted by molar-refractivity contribution is 6.27. The number of nitrogens with zero attached hydrogens (tertiary/aromatic N) is 2. The van der Waals surface area contributed by atoms with Crippen molar-refractivity contribution in [1.82, 2.24) is 9.80 Å². The van der Waals surface area contributed by atoms with Crippen molar-refractivity contribution in [2.75, 3.05) is 32.8 Å². The van der Waals surface area contributed by atoms with Gasteiger partial charge < -0.3 is 19.8 Å². The first-order valence-corrected chi connectivity index (χ1v) is 10.5. The van der Waals surface area contributed by atoms with Crippen LogP contribution in [0.5, 0.6) is 5.75 Å². The van der Waals surface area contributed by atoms with Crippen LogP contribution in [0.3, 0.4) is 0 Å². The lowest BCUT2D eigenvalue weighted by Gasteiger charge is -2.41. The van der Waals surface area contributed by atoms with Gasteiger partial charge in [-0.05, 0) is 75.9 Å². The number of hydrogen-bond acceptors (Lipinski definition) is 5. The summed E-state index contributed by atoms with van der Waals surface area (Å²) >= 11 is 0. The number of piperidine rings is 2. The predicted octanol–water partition coefficient (Wildman–Crippen LogP) is 2.94. The molecule has 0 aromatic heterocycles. The van der Waals surface area contributed by atoms with Crippen molar-refractivity contribution >= 4 is 11.9 Å². The predicted molar refractivity (Wildman–Crippen MR) is 111 cm³/mol. The summed E-state index contributed by atoms with van der Waals surface area (Å²) < 4.78 is 5.52. The van der Waals surface area contributed by atoms with Gasteiger partial charge in [-0.3, -0.25) is 4.90 Å². The van der Waals surface area contributed by atoms with Crippen LogP contribution < -0.4 is 4.74 Å². The summed E-state index contributed by atoms with van der Waals surface area (Å²) in [5.74, 6) is -1.77. The largest absolute Gasteiger partial charge is 0.494 e. The molecule has 7 heteroatoms. The zero-order valence-corrected chi connectivity index (χ0v) is 17.5. The van der Waals surface area contributed by atoms with Crippen molar-refractivity contribution in [1.29, 1.82) is 0 Å². The van der Waals surface area contributed by atoms with Crippen molar-refractivity contribution in [3.63, 3.8) is 0 Å². The van der Waals surface area contributed by atoms with E-state index in [1.165, 1.54) is 57.4 Å². The third kappa shape index (κ3) is 8.03. The highest BCUT2D eigenvalue weighted by atomic mass is 16.5. The summed E-state index contributed by atoms with van der Waals surface area (Å²) in [6, 6.07) is 9.45. The van der Waals surface area contributed by atoms with E-state index in [9.17, 15) is 0 Å². The minimum atomic E-state index is -1.82. The summed E-state index contributed by atoms with van der Waals surface area (Å²) in [5.41, 5.74) is 1.40. The Morgan fingerprint density at radius 3 is 2.17 bits per heavy atom. The normalized spacial score (nSPS) is 21.1. The fourth-order valence-electron chi connectivity index (χ4n) is 4.12. The van der Waals surface area contributed by atoms with E-state index >= 15 is 0 Å². The first-order chi connectivity index (χ1) is 13.9. The molecule has 2 heterocycles. The monoisotopic (exact) mass is 406 g/mol. The third-order valence-electron chi connectivity index (χ3n) is 5.59. The molecule has 162 valence electrons. The molecule has 29 heavy (non-hydrogen) atoms. The Morgan fingerprint density at radius 2 is 1.66 bits per heavy atom. The van der Waals surface area contributed by atoms with Crippen LogP contribution >= 0.6 is 0 Å². The summed E-state index contributed by atoms with van der Waals surface area (Å²) in [4.78, 5) is 23.6. The van der Waals surface area contributed by atoms with Gasteiger partial charge in [-0.25, -0.2) is 9.59 Å². The Balaban J connectivity index is 0.000000438. The average Bonchev–Trinajstić information content (AvgIpc) is 2.71. The van der Waals surface area contributed by atoms with Crippen molar-refractivity contribution in [3.05, 3.63) is 29.8 Å². The molecular weight excluding hydrogens is 372 g/mol. The van der Waals surface area contributed by atoms with Gasteiger partial charge in [0.25, 0.3) is 0 Å². The number of carbonyl (C=O) groups is 2. The molecule has 2 aliphatic rings. The van der Waals surface area contributed by atoms with Crippen LogP contribution in [-0.2, 0) is 16.1 Å². The maximum absolute atomic E-state index is 9.10. The van der Waals surface area contributed by atoms with Gasteiger partial charge in [0.1, 0.15) is 5.75 Å². The number of aliphatic carboxylic acids is 2. The van der Waals surface area contributed by atoms with Gasteiger partial charge in [-0.1, -0.05) is 19.1 Å². The second-order valence-electron chi connectivity index (χ2n) is 7.94. The molecule has 2 fully saturated rings. The Hall–Kier alpha value is -2.12. The zero-order chi connectivity index (χ0) is 21.2. The summed E-state index contributed by atoms with van der Waals surface area (Å²) in [5, 5.41) is 14.8. The minimum Gasteiger partial charge on any atom is -0.494 e. The molecule has 0 spiro atoms. The molecule has 3 rings (SSSR count). The average molecular weight is 407 g/mol. The van der Waals surface area contributed by atoms with E-state index in [1.807, 2.05) is 6.92 Å². The Bertz CT molecular complexity index is 629. The molecule has 2 aliphatic heterocycles. The van der Waals surface area contributed by atoms with E-state index in [0.717, 1.165) is 30.9 Å². The topological polar surface area (TPSA) is 90.3 Å². The lowest BCUT2D eigenvalue weighted by Crippen LogP contribution is -2.47. The number of likely N-dealkylation sites (tertiary alicyclic amines) is 2. The Labute approximate surface area is 173 Å². The van der Waals surface area contributed by atoms with Crippen molar-refractivity contribution in [2.24, 2.45) is 5.92 Å². The number of ether oxygens (including phenoxy) is 1. The maximum atomic E-state index is 9.10. The van der Waals surface area contributed by atoms with Crippen LogP contribution in [0.2, 0.25) is 0 Å². The van der Waals surface area contributed by atoms with Gasteiger partial charge in [0.05, 0.1) is 6.61 Å². The lowest BCUT2D eigenvalue weighted by atomic mass is 9.95. The number of rotatable bonds is 5. The molecule has 0 bridgehead atoms. The lowest BCUT2D eigenvalue weighted by molar-refractivity contribution is -0.159. The van der Waals surface area contributed by atoms with Gasteiger partial charge in [0.15, 0.2) is 0 Å². The van der Waals surface area contributed by atoms with Gasteiger partial charge in [0, 0.05) is 19.1 Å². The quantitative estimate of drug-likeness (QED) is 0.727. The van der Waals surface area contributed by atoms with Gasteiger partial charge >= 0.3 is 11.9 Å². The van der Waals surface area contributed by atoms with Gasteiger partial charge in [-0.15, -0.1) is 0 Å². The third-order valence-corrected chi connectivity index (χ3v) is 5.59. The molecule has 2 N–H and O–H groups in total. The molecule has 1 aromatic carbocycles. The number of benzene rings is 1. The fourth-order valence-corrected chi connectivity index (χ4v) is 4.12. The van der Waals surface area contributed by atoms with Crippen molar-refractivity contribution < 1.29 is 24.5 Å². The van der Waals surface area contributed by atoms with Gasteiger partial charge in [-0.2, -0.15) is 0 Å². The summed E-state index contributed by atoms with van der Waals surface area (Å²) in [6.07, 6.45) is 5.49. The number of carboxylic acids is 2. The van der Waals surface area contributed by atoms with Crippen LogP contribution in [-0.4, -0.2) is 70.8 Å². The van der Waals surface area contributed by atoms with Gasteiger partial charge in [0.2, 0.25) is 0 Å². The van der Waals surface area contributed by atoms with E-state index in [1.54, 1.807) is 0 Å². The standard InChI is InChI=1S/C20H32N2O.C2H2O4/c1-3-23-20-8-6-18(7-9-20)16-21-13-10-19(11-14-21)22-12-4-5-17(2)15-22;3-1(4)2(5)6/h6-9,17,19H,3-5,10-16H2,1-2H3;(H,3,4)(H,5,6). The molecule has 1 unspecified atom stereocenters. The second kappa shape index (κ2) is 11.8. The maximum Gasteiger partial charge on any atom is 0.414 e. The minimum absolute atomic E-state index is 0.738. The van der Waals surface area contributed by atoms with Crippen LogP contribution in [0.4, 0.5) is 0 Å². The van der Waals surface area contributed by atoms with E-state index in [0.29, 0.717) is 0 Å². The van der Waals surface area contributed by atoms with E-state index in [-0.39, 0.29) is 0 Å². The second-order valence-corrected chi connectivity index (χ2v) is 7.94. The number of hydrogen-bond donors (Lipinski definition) is 2. The van der Waals surface area contributed by atoms with Crippen LogP contribution in [0.25, 0.3) is 0 Å². The number of carboxylic acid groups (broad SMARTS) is 2. The molecule has 1 aromatic rings. The van der Waals surface area contributed by atoms with Crippen LogP contribution in [0, 0.1) is 5.92 Å². The highest BCUT2D eigenvalue weighted by Crippen LogP contribution is 2.24. The first-order valence-electron chi connectivity index (χ1n) is 10.5. The zero-order valence-electron chi connectivity index (χ0n) is 17.5. The summed E-state index contributed by atoms with van der Waals surface area (Å²) in [7, 11) is 0. The smallest absolute Gasteiger partial charge is 0.414 e. The van der Waals surface area contributed by atoms with E-state index in [4.69, 9.17) is 24.5 Å². The van der Waals surface area contributed by atoms with Crippen molar-refractivity contribution in [3.8, 4) is 5.75 Å². The van der Waals surface area contributed by atoms with Crippen LogP contribution in [0.1, 0.15) is 45.1 Å². The molecular formula is C22H34N2O5. The Kier molecular flexibility index (Phi) is 9.41. The molecule has 0 amide bonds. The molecule has 7 nitrogen and oxygen atoms in total. The van der Waals surface area contributed by atoms with Crippen LogP contribution in [0.15, 0.2) is 24.3 Å². The fraction of sp³-hybridized carbons (Fsp3) is 0.636. The van der Waals surface area contributed by atoms with Crippen molar-refractivity contribution in [2.45, 2.75) is 52.1 Å². The van der Waals surface area contributed by atoms with E-state index in [2.05, 4.69) is 41.0 Å². The Morgan fingerprint density at radius 1 is 1.03 bits per heavy atom. The molecule has 1 atom stereocenters. The first kappa shape index (κ1) is 23.2. The molecule has 0 aliphatic carbocycles. The highest BCUT2D eigenvalue weighted by Gasteiger charge is 2.27. The van der Waals surface area contributed by atoms with E-state index < -0.39 is 11.9 Å².